The second kappa shape index (κ2) is 5.49. The number of fused-ring (bicyclic) bond motifs is 1. The largest absolute Gasteiger partial charge is 0.241 e. The van der Waals surface area contributed by atoms with E-state index in [-0.39, 0.29) is 0 Å². The predicted octanol–water partition coefficient (Wildman–Crippen LogP) is 4.43. The third-order valence-corrected chi connectivity index (χ3v) is 4.54. The molecule has 0 N–H and O–H groups in total. The van der Waals surface area contributed by atoms with Gasteiger partial charge in [-0.3, -0.25) is 0 Å². The van der Waals surface area contributed by atoms with Crippen molar-refractivity contribution in [1.82, 2.24) is 9.97 Å². The molecule has 2 heterocycles. The molecule has 0 bridgehead atoms. The van der Waals surface area contributed by atoms with Crippen LogP contribution in [-0.2, 0) is 6.42 Å². The van der Waals surface area contributed by atoms with Crippen molar-refractivity contribution >= 4 is 22.2 Å². The minimum atomic E-state index is 0.554. The minimum Gasteiger partial charge on any atom is -0.241 e. The van der Waals surface area contributed by atoms with E-state index in [1.165, 1.54) is 10.3 Å². The highest BCUT2D eigenvalue weighted by atomic mass is 32.1. The van der Waals surface area contributed by atoms with Crippen molar-refractivity contribution < 1.29 is 0 Å². The van der Waals surface area contributed by atoms with Crippen molar-refractivity contribution in [3.05, 3.63) is 58.7 Å². The van der Waals surface area contributed by atoms with E-state index >= 15 is 0 Å². The number of benzene rings is 1. The van der Waals surface area contributed by atoms with Crippen LogP contribution in [-0.4, -0.2) is 9.97 Å². The third-order valence-electron chi connectivity index (χ3n) is 3.50. The van der Waals surface area contributed by atoms with Crippen LogP contribution in [0.1, 0.15) is 29.8 Å². The van der Waals surface area contributed by atoms with E-state index < -0.39 is 0 Å². The topological polar surface area (TPSA) is 25.8 Å². The van der Waals surface area contributed by atoms with Crippen LogP contribution in [0.2, 0.25) is 0 Å². The van der Waals surface area contributed by atoms with E-state index in [0.717, 1.165) is 24.1 Å². The van der Waals surface area contributed by atoms with Gasteiger partial charge >= 0.3 is 0 Å². The van der Waals surface area contributed by atoms with Gasteiger partial charge in [0.25, 0.3) is 0 Å². The highest BCUT2D eigenvalue weighted by molar-refractivity contribution is 7.10. The lowest BCUT2D eigenvalue weighted by atomic mass is 9.96. The number of rotatable bonds is 4. The van der Waals surface area contributed by atoms with Crippen molar-refractivity contribution in [1.29, 1.82) is 0 Å². The number of aromatic nitrogens is 2. The molecule has 0 saturated heterocycles. The fourth-order valence-electron chi connectivity index (χ4n) is 2.43. The Morgan fingerprint density at radius 1 is 1.11 bits per heavy atom. The van der Waals surface area contributed by atoms with Gasteiger partial charge in [0.1, 0.15) is 6.33 Å². The fourth-order valence-corrected chi connectivity index (χ4v) is 3.34. The molecule has 0 radical (unpaired) electrons. The van der Waals surface area contributed by atoms with Crippen molar-refractivity contribution in [3.8, 4) is 0 Å². The Labute approximate surface area is 117 Å². The maximum absolute atomic E-state index is 4.50. The summed E-state index contributed by atoms with van der Waals surface area (Å²) in [4.78, 5) is 10.3. The van der Waals surface area contributed by atoms with Gasteiger partial charge in [0.05, 0.1) is 11.2 Å². The Kier molecular flexibility index (Phi) is 3.56. The third kappa shape index (κ3) is 2.51. The van der Waals surface area contributed by atoms with Crippen LogP contribution in [0.25, 0.3) is 10.9 Å². The van der Waals surface area contributed by atoms with Gasteiger partial charge in [-0.15, -0.1) is 11.3 Å². The molecule has 0 aliphatic rings. The number of thiophene rings is 1. The van der Waals surface area contributed by atoms with Gasteiger partial charge in [-0.25, -0.2) is 9.97 Å². The monoisotopic (exact) mass is 268 g/mol. The fraction of sp³-hybridized carbons (Fsp3) is 0.250. The Bertz CT molecular complexity index is 656. The van der Waals surface area contributed by atoms with Gasteiger partial charge < -0.3 is 0 Å². The summed E-state index contributed by atoms with van der Waals surface area (Å²) >= 11 is 1.84. The van der Waals surface area contributed by atoms with Gasteiger partial charge in [0.15, 0.2) is 0 Å². The lowest BCUT2D eigenvalue weighted by Crippen LogP contribution is -2.03. The van der Waals surface area contributed by atoms with Gasteiger partial charge in [-0.1, -0.05) is 31.2 Å². The Hall–Kier alpha value is -1.74. The normalized spacial score (nSPS) is 12.7. The summed E-state index contributed by atoms with van der Waals surface area (Å²) in [5.74, 6) is 0.554. The lowest BCUT2D eigenvalue weighted by Gasteiger charge is -2.13. The molecular weight excluding hydrogens is 252 g/mol. The number of para-hydroxylation sites is 1. The van der Waals surface area contributed by atoms with Crippen LogP contribution in [0.15, 0.2) is 48.1 Å². The molecule has 3 heteroatoms. The first kappa shape index (κ1) is 12.3. The summed E-state index contributed by atoms with van der Waals surface area (Å²) in [7, 11) is 0. The number of nitrogens with zero attached hydrogens (tertiary/aromatic N) is 2. The number of hydrogen-bond acceptors (Lipinski definition) is 3. The SMILES string of the molecule is CCC(Cc1ncnc2ccccc12)c1cccs1. The first-order valence-electron chi connectivity index (χ1n) is 6.60. The summed E-state index contributed by atoms with van der Waals surface area (Å²) in [6.07, 6.45) is 3.80. The Balaban J connectivity index is 1.96. The molecule has 0 amide bonds. The molecule has 2 aromatic heterocycles. The van der Waals surface area contributed by atoms with Crippen LogP contribution >= 0.6 is 11.3 Å². The second-order valence-electron chi connectivity index (χ2n) is 4.66. The van der Waals surface area contributed by atoms with E-state index in [1.54, 1.807) is 6.33 Å². The zero-order chi connectivity index (χ0) is 13.1. The van der Waals surface area contributed by atoms with Crippen LogP contribution in [0.4, 0.5) is 0 Å². The average molecular weight is 268 g/mol. The maximum atomic E-state index is 4.50. The smallest absolute Gasteiger partial charge is 0.116 e. The molecule has 96 valence electrons. The van der Waals surface area contributed by atoms with Crippen LogP contribution < -0.4 is 0 Å². The standard InChI is InChI=1S/C16H16N2S/c1-2-12(16-8-5-9-19-16)10-15-13-6-3-4-7-14(13)17-11-18-15/h3-9,11-12H,2,10H2,1H3. The van der Waals surface area contributed by atoms with E-state index in [4.69, 9.17) is 0 Å². The van der Waals surface area contributed by atoms with Crippen molar-refractivity contribution in [2.75, 3.05) is 0 Å². The minimum absolute atomic E-state index is 0.554. The van der Waals surface area contributed by atoms with Crippen LogP contribution in [0, 0.1) is 0 Å². The van der Waals surface area contributed by atoms with E-state index in [1.807, 2.05) is 23.5 Å². The molecule has 2 nitrogen and oxygen atoms in total. The first-order valence-corrected chi connectivity index (χ1v) is 7.48. The second-order valence-corrected chi connectivity index (χ2v) is 5.64. The molecule has 0 saturated carbocycles. The molecule has 0 spiro atoms. The van der Waals surface area contributed by atoms with E-state index in [2.05, 4.69) is 46.5 Å². The van der Waals surface area contributed by atoms with Crippen molar-refractivity contribution in [2.45, 2.75) is 25.7 Å². The molecule has 3 aromatic rings. The molecular formula is C16H16N2S. The molecule has 1 atom stereocenters. The van der Waals surface area contributed by atoms with Gasteiger partial charge in [0, 0.05) is 10.3 Å². The highest BCUT2D eigenvalue weighted by Gasteiger charge is 2.14. The average Bonchev–Trinajstić information content (AvgIpc) is 2.99. The maximum Gasteiger partial charge on any atom is 0.116 e. The lowest BCUT2D eigenvalue weighted by molar-refractivity contribution is 0.663. The summed E-state index contributed by atoms with van der Waals surface area (Å²) in [5, 5.41) is 3.33. The van der Waals surface area contributed by atoms with Crippen LogP contribution in [0.3, 0.4) is 0 Å². The molecule has 0 aliphatic heterocycles. The summed E-state index contributed by atoms with van der Waals surface area (Å²) in [6.45, 7) is 2.24. The van der Waals surface area contributed by atoms with E-state index in [9.17, 15) is 0 Å². The summed E-state index contributed by atoms with van der Waals surface area (Å²) in [5.41, 5.74) is 2.19. The summed E-state index contributed by atoms with van der Waals surface area (Å²) < 4.78 is 0. The summed E-state index contributed by atoms with van der Waals surface area (Å²) in [6, 6.07) is 12.6. The van der Waals surface area contributed by atoms with E-state index in [0.29, 0.717) is 5.92 Å². The van der Waals surface area contributed by atoms with Gasteiger partial charge in [-0.05, 0) is 36.3 Å². The zero-order valence-corrected chi connectivity index (χ0v) is 11.7. The van der Waals surface area contributed by atoms with Crippen LogP contribution in [0.5, 0.6) is 0 Å². The van der Waals surface area contributed by atoms with Crippen molar-refractivity contribution in [2.24, 2.45) is 0 Å². The van der Waals surface area contributed by atoms with Gasteiger partial charge in [-0.2, -0.15) is 0 Å². The molecule has 19 heavy (non-hydrogen) atoms. The Morgan fingerprint density at radius 2 is 2.00 bits per heavy atom. The molecule has 0 fully saturated rings. The molecule has 3 rings (SSSR count). The molecule has 1 aromatic carbocycles. The van der Waals surface area contributed by atoms with Crippen molar-refractivity contribution in [3.63, 3.8) is 0 Å². The molecule has 1 unspecified atom stereocenters. The highest BCUT2D eigenvalue weighted by Crippen LogP contribution is 2.29. The zero-order valence-electron chi connectivity index (χ0n) is 10.9. The molecule has 0 aliphatic carbocycles. The quantitative estimate of drug-likeness (QED) is 0.699. The Morgan fingerprint density at radius 3 is 2.79 bits per heavy atom. The first-order chi connectivity index (χ1) is 9.38. The predicted molar refractivity (Wildman–Crippen MR) is 80.6 cm³/mol. The van der Waals surface area contributed by atoms with Gasteiger partial charge in [0.2, 0.25) is 0 Å². The number of hydrogen-bond donors (Lipinski definition) is 0.